The second-order valence-corrected chi connectivity index (χ2v) is 4.60. The zero-order valence-corrected chi connectivity index (χ0v) is 10.6. The molecule has 6 nitrogen and oxygen atoms in total. The maximum absolute atomic E-state index is 11.6. The molecule has 1 fully saturated rings. The van der Waals surface area contributed by atoms with Gasteiger partial charge in [-0.25, -0.2) is 4.79 Å². The number of aliphatic hydroxyl groups excluding tert-OH is 1. The minimum atomic E-state index is -0.744. The Kier molecular flexibility index (Phi) is 4.59. The molecule has 0 saturated carbocycles. The fraction of sp³-hybridized carbons (Fsp3) is 0.462. The van der Waals surface area contributed by atoms with Crippen molar-refractivity contribution in [2.24, 2.45) is 0 Å². The number of ether oxygens (including phenoxy) is 1. The van der Waals surface area contributed by atoms with Gasteiger partial charge in [-0.1, -0.05) is 12.1 Å². The number of nitrogen functional groups attached to an aromatic ring is 1. The topological polar surface area (TPSA) is 96.6 Å². The Labute approximate surface area is 111 Å². The van der Waals surface area contributed by atoms with Crippen LogP contribution in [0.2, 0.25) is 0 Å². The molecule has 1 saturated heterocycles. The van der Waals surface area contributed by atoms with E-state index in [0.717, 1.165) is 12.0 Å². The molecule has 19 heavy (non-hydrogen) atoms. The van der Waals surface area contributed by atoms with Crippen LogP contribution in [0.4, 0.5) is 10.5 Å². The van der Waals surface area contributed by atoms with E-state index in [2.05, 4.69) is 10.6 Å². The zero-order valence-electron chi connectivity index (χ0n) is 10.6. The number of carbonyl (C=O) groups is 1. The summed E-state index contributed by atoms with van der Waals surface area (Å²) in [5.74, 6) is 0. The average molecular weight is 265 g/mol. The third-order valence-corrected chi connectivity index (χ3v) is 3.04. The van der Waals surface area contributed by atoms with E-state index >= 15 is 0 Å². The smallest absolute Gasteiger partial charge is 0.315 e. The van der Waals surface area contributed by atoms with Gasteiger partial charge in [0.05, 0.1) is 18.8 Å². The van der Waals surface area contributed by atoms with E-state index < -0.39 is 6.10 Å². The highest BCUT2D eigenvalue weighted by Crippen LogP contribution is 2.13. The van der Waals surface area contributed by atoms with Crippen LogP contribution in [0.25, 0.3) is 0 Å². The Morgan fingerprint density at radius 2 is 2.21 bits per heavy atom. The number of aliphatic hydroxyl groups is 1. The summed E-state index contributed by atoms with van der Waals surface area (Å²) in [6.07, 6.45) is 0.0830. The van der Waals surface area contributed by atoms with E-state index in [4.69, 9.17) is 10.5 Å². The fourth-order valence-corrected chi connectivity index (χ4v) is 1.91. The number of carbonyl (C=O) groups excluding carboxylic acids is 1. The van der Waals surface area contributed by atoms with Crippen LogP contribution in [0.3, 0.4) is 0 Å². The Bertz CT molecular complexity index is 416. The molecule has 1 aliphatic rings. The second kappa shape index (κ2) is 6.40. The molecule has 1 heterocycles. The molecule has 0 bridgehead atoms. The standard InChI is InChI=1S/C13H19N3O3/c14-10-3-1-9(2-4-10)12(17)7-15-13(18)16-11-5-6-19-8-11/h1-4,11-12,17H,5-8,14H2,(H2,15,16,18). The van der Waals surface area contributed by atoms with Gasteiger partial charge < -0.3 is 26.2 Å². The lowest BCUT2D eigenvalue weighted by Gasteiger charge is -2.15. The van der Waals surface area contributed by atoms with Crippen molar-refractivity contribution in [3.8, 4) is 0 Å². The van der Waals surface area contributed by atoms with Crippen LogP contribution >= 0.6 is 0 Å². The molecule has 0 aromatic heterocycles. The predicted molar refractivity (Wildman–Crippen MR) is 71.6 cm³/mol. The highest BCUT2D eigenvalue weighted by molar-refractivity contribution is 5.74. The molecule has 2 atom stereocenters. The number of anilines is 1. The maximum atomic E-state index is 11.6. The summed E-state index contributed by atoms with van der Waals surface area (Å²) >= 11 is 0. The van der Waals surface area contributed by atoms with Gasteiger partial charge in [-0.2, -0.15) is 0 Å². The minimum Gasteiger partial charge on any atom is -0.399 e. The highest BCUT2D eigenvalue weighted by atomic mass is 16.5. The number of rotatable bonds is 4. The lowest BCUT2D eigenvalue weighted by molar-refractivity contribution is 0.170. The summed E-state index contributed by atoms with van der Waals surface area (Å²) in [6.45, 7) is 1.39. The van der Waals surface area contributed by atoms with Crippen molar-refractivity contribution in [1.29, 1.82) is 0 Å². The van der Waals surface area contributed by atoms with Crippen LogP contribution in [-0.4, -0.2) is 36.9 Å². The molecule has 6 heteroatoms. The van der Waals surface area contributed by atoms with E-state index in [1.807, 2.05) is 0 Å². The molecular formula is C13H19N3O3. The maximum Gasteiger partial charge on any atom is 0.315 e. The monoisotopic (exact) mass is 265 g/mol. The van der Waals surface area contributed by atoms with E-state index in [1.165, 1.54) is 0 Å². The van der Waals surface area contributed by atoms with Crippen molar-refractivity contribution in [3.63, 3.8) is 0 Å². The predicted octanol–water partition coefficient (Wildman–Crippen LogP) is 0.390. The van der Waals surface area contributed by atoms with Gasteiger partial charge in [0.2, 0.25) is 0 Å². The van der Waals surface area contributed by atoms with Gasteiger partial charge in [0, 0.05) is 18.8 Å². The normalized spacial score (nSPS) is 19.9. The molecular weight excluding hydrogens is 246 g/mol. The molecule has 2 amide bonds. The number of hydrogen-bond acceptors (Lipinski definition) is 4. The van der Waals surface area contributed by atoms with Crippen molar-refractivity contribution in [1.82, 2.24) is 10.6 Å². The van der Waals surface area contributed by atoms with Crippen molar-refractivity contribution in [2.75, 3.05) is 25.5 Å². The number of amides is 2. The zero-order chi connectivity index (χ0) is 13.7. The summed E-state index contributed by atoms with van der Waals surface area (Å²) in [6, 6.07) is 6.69. The summed E-state index contributed by atoms with van der Waals surface area (Å²) in [7, 11) is 0. The Morgan fingerprint density at radius 1 is 1.47 bits per heavy atom. The fourth-order valence-electron chi connectivity index (χ4n) is 1.91. The lowest BCUT2D eigenvalue weighted by atomic mass is 10.1. The molecule has 1 aromatic rings. The largest absolute Gasteiger partial charge is 0.399 e. The molecule has 104 valence electrons. The van der Waals surface area contributed by atoms with E-state index in [0.29, 0.717) is 18.9 Å². The van der Waals surface area contributed by atoms with Gasteiger partial charge in [-0.15, -0.1) is 0 Å². The number of nitrogens with one attached hydrogen (secondary N) is 2. The van der Waals surface area contributed by atoms with Gasteiger partial charge in [0.25, 0.3) is 0 Å². The summed E-state index contributed by atoms with van der Waals surface area (Å²) in [5.41, 5.74) is 6.93. The Hall–Kier alpha value is -1.79. The minimum absolute atomic E-state index is 0.0636. The number of nitrogens with two attached hydrogens (primary N) is 1. The molecule has 0 aliphatic carbocycles. The Balaban J connectivity index is 1.74. The molecule has 0 spiro atoms. The van der Waals surface area contributed by atoms with Gasteiger partial charge >= 0.3 is 6.03 Å². The lowest BCUT2D eigenvalue weighted by Crippen LogP contribution is -2.43. The van der Waals surface area contributed by atoms with Crippen LogP contribution in [-0.2, 0) is 4.74 Å². The number of hydrogen-bond donors (Lipinski definition) is 4. The molecule has 1 aliphatic heterocycles. The van der Waals surface area contributed by atoms with Crippen molar-refractivity contribution in [2.45, 2.75) is 18.6 Å². The Morgan fingerprint density at radius 3 is 2.84 bits per heavy atom. The first-order valence-corrected chi connectivity index (χ1v) is 6.31. The first-order chi connectivity index (χ1) is 9.15. The second-order valence-electron chi connectivity index (χ2n) is 4.60. The van der Waals surface area contributed by atoms with Gasteiger partial charge in [-0.3, -0.25) is 0 Å². The number of benzene rings is 1. The summed E-state index contributed by atoms with van der Waals surface area (Å²) in [5, 5.41) is 15.3. The van der Waals surface area contributed by atoms with Crippen LogP contribution in [0.5, 0.6) is 0 Å². The molecule has 2 rings (SSSR count). The van der Waals surface area contributed by atoms with Gasteiger partial charge in [-0.05, 0) is 24.1 Å². The van der Waals surface area contributed by atoms with Crippen molar-refractivity contribution < 1.29 is 14.6 Å². The SMILES string of the molecule is Nc1ccc(C(O)CNC(=O)NC2CCOC2)cc1. The van der Waals surface area contributed by atoms with Crippen molar-refractivity contribution in [3.05, 3.63) is 29.8 Å². The summed E-state index contributed by atoms with van der Waals surface area (Å²) < 4.78 is 5.16. The van der Waals surface area contributed by atoms with Gasteiger partial charge in [0.15, 0.2) is 0 Å². The van der Waals surface area contributed by atoms with E-state index in [1.54, 1.807) is 24.3 Å². The third kappa shape index (κ3) is 4.11. The van der Waals surface area contributed by atoms with E-state index in [-0.39, 0.29) is 18.6 Å². The summed E-state index contributed by atoms with van der Waals surface area (Å²) in [4.78, 5) is 11.6. The molecule has 5 N–H and O–H groups in total. The first kappa shape index (κ1) is 13.6. The van der Waals surface area contributed by atoms with Gasteiger partial charge in [0.1, 0.15) is 0 Å². The van der Waals surface area contributed by atoms with Crippen LogP contribution in [0, 0.1) is 0 Å². The molecule has 1 aromatic carbocycles. The first-order valence-electron chi connectivity index (χ1n) is 6.31. The number of urea groups is 1. The third-order valence-electron chi connectivity index (χ3n) is 3.04. The average Bonchev–Trinajstić information content (AvgIpc) is 2.89. The quantitative estimate of drug-likeness (QED) is 0.592. The van der Waals surface area contributed by atoms with Crippen molar-refractivity contribution >= 4 is 11.7 Å². The van der Waals surface area contributed by atoms with E-state index in [9.17, 15) is 9.90 Å². The molecule has 0 radical (unpaired) electrons. The molecule has 2 unspecified atom stereocenters. The van der Waals surface area contributed by atoms with Crippen LogP contribution in [0.15, 0.2) is 24.3 Å². The van der Waals surface area contributed by atoms with Crippen LogP contribution in [0.1, 0.15) is 18.1 Å². The van der Waals surface area contributed by atoms with Crippen LogP contribution < -0.4 is 16.4 Å². The highest BCUT2D eigenvalue weighted by Gasteiger charge is 2.18.